The summed E-state index contributed by atoms with van der Waals surface area (Å²) in [7, 11) is 0. The molecule has 1 amide bonds. The lowest BCUT2D eigenvalue weighted by Gasteiger charge is -2.09. The number of thioether (sulfide) groups is 1. The van der Waals surface area contributed by atoms with Gasteiger partial charge in [0, 0.05) is 48.0 Å². The maximum atomic E-state index is 12.1. The first-order valence-corrected chi connectivity index (χ1v) is 10.9. The highest BCUT2D eigenvalue weighted by molar-refractivity contribution is 7.98. The van der Waals surface area contributed by atoms with Gasteiger partial charge in [0.25, 0.3) is 0 Å². The molecule has 4 rings (SSSR count). The standard InChI is InChI=1S/C23H22N4O3S/c1-4-27-22(16-7-5-6-14(2)10-16)25-26-23(27)31-13-17-11-21(29)30-20-12-18(24-15(3)28)8-9-19(17)20/h5-12H,4,13H2,1-3H3,(H,24,28). The second kappa shape index (κ2) is 8.77. The summed E-state index contributed by atoms with van der Waals surface area (Å²) >= 11 is 1.52. The molecule has 0 aliphatic carbocycles. The SMILES string of the molecule is CCn1c(SCc2cc(=O)oc3cc(NC(C)=O)ccc23)nnc1-c1cccc(C)c1. The number of amides is 1. The van der Waals surface area contributed by atoms with Crippen LogP contribution in [0.5, 0.6) is 0 Å². The molecule has 8 heteroatoms. The number of anilines is 1. The van der Waals surface area contributed by atoms with E-state index in [4.69, 9.17) is 4.42 Å². The molecule has 0 fully saturated rings. The van der Waals surface area contributed by atoms with Crippen molar-refractivity contribution in [2.75, 3.05) is 5.32 Å². The lowest BCUT2D eigenvalue weighted by atomic mass is 10.1. The number of carbonyl (C=O) groups excluding carboxylic acids is 1. The minimum atomic E-state index is -0.430. The molecule has 0 unspecified atom stereocenters. The van der Waals surface area contributed by atoms with E-state index in [-0.39, 0.29) is 5.91 Å². The molecular weight excluding hydrogens is 412 g/mol. The number of hydrogen-bond donors (Lipinski definition) is 1. The zero-order chi connectivity index (χ0) is 22.0. The Balaban J connectivity index is 1.63. The number of aryl methyl sites for hydroxylation is 1. The third-order valence-electron chi connectivity index (χ3n) is 4.82. The Hall–Kier alpha value is -3.39. The second-order valence-corrected chi connectivity index (χ2v) is 8.13. The summed E-state index contributed by atoms with van der Waals surface area (Å²) in [5.74, 6) is 1.18. The Morgan fingerprint density at radius 2 is 2.00 bits per heavy atom. The Morgan fingerprint density at radius 1 is 1.16 bits per heavy atom. The number of aromatic nitrogens is 3. The monoisotopic (exact) mass is 434 g/mol. The van der Waals surface area contributed by atoms with Gasteiger partial charge in [-0.15, -0.1) is 10.2 Å². The van der Waals surface area contributed by atoms with Gasteiger partial charge in [-0.2, -0.15) is 0 Å². The minimum absolute atomic E-state index is 0.184. The molecule has 2 aromatic carbocycles. The van der Waals surface area contributed by atoms with Crippen molar-refractivity contribution >= 4 is 34.3 Å². The van der Waals surface area contributed by atoms with Crippen LogP contribution in [-0.4, -0.2) is 20.7 Å². The molecule has 0 radical (unpaired) electrons. The van der Waals surface area contributed by atoms with Gasteiger partial charge in [0.1, 0.15) is 5.58 Å². The number of hydrogen-bond acceptors (Lipinski definition) is 6. The van der Waals surface area contributed by atoms with Gasteiger partial charge in [-0.1, -0.05) is 35.5 Å². The number of nitrogens with zero attached hydrogens (tertiary/aromatic N) is 3. The molecule has 7 nitrogen and oxygen atoms in total. The van der Waals surface area contributed by atoms with Gasteiger partial charge >= 0.3 is 5.63 Å². The first-order valence-electron chi connectivity index (χ1n) is 9.92. The Morgan fingerprint density at radius 3 is 2.74 bits per heavy atom. The quantitative estimate of drug-likeness (QED) is 0.351. The van der Waals surface area contributed by atoms with Gasteiger partial charge in [-0.3, -0.25) is 4.79 Å². The summed E-state index contributed by atoms with van der Waals surface area (Å²) in [6.45, 7) is 6.27. The molecule has 2 heterocycles. The molecule has 0 bridgehead atoms. The van der Waals surface area contributed by atoms with E-state index in [0.717, 1.165) is 34.0 Å². The van der Waals surface area contributed by atoms with Crippen molar-refractivity contribution in [3.8, 4) is 11.4 Å². The lowest BCUT2D eigenvalue weighted by molar-refractivity contribution is -0.114. The number of carbonyl (C=O) groups is 1. The van der Waals surface area contributed by atoms with Crippen molar-refractivity contribution in [3.05, 3.63) is 70.1 Å². The smallest absolute Gasteiger partial charge is 0.336 e. The predicted molar refractivity (Wildman–Crippen MR) is 122 cm³/mol. The van der Waals surface area contributed by atoms with Crippen molar-refractivity contribution in [2.45, 2.75) is 38.2 Å². The number of benzene rings is 2. The van der Waals surface area contributed by atoms with E-state index in [9.17, 15) is 9.59 Å². The summed E-state index contributed by atoms with van der Waals surface area (Å²) in [5.41, 5.74) is 3.62. The topological polar surface area (TPSA) is 90.0 Å². The molecule has 2 aromatic heterocycles. The predicted octanol–water partition coefficient (Wildman–Crippen LogP) is 4.63. The third kappa shape index (κ3) is 4.54. The van der Waals surface area contributed by atoms with Gasteiger partial charge in [-0.25, -0.2) is 4.79 Å². The maximum Gasteiger partial charge on any atom is 0.336 e. The molecule has 4 aromatic rings. The molecule has 31 heavy (non-hydrogen) atoms. The van der Waals surface area contributed by atoms with E-state index in [1.54, 1.807) is 12.1 Å². The van der Waals surface area contributed by atoms with Crippen LogP contribution in [0.25, 0.3) is 22.4 Å². The molecule has 158 valence electrons. The van der Waals surface area contributed by atoms with E-state index in [1.165, 1.54) is 30.3 Å². The van der Waals surface area contributed by atoms with E-state index in [2.05, 4.69) is 46.1 Å². The molecule has 0 spiro atoms. The normalized spacial score (nSPS) is 11.1. The van der Waals surface area contributed by atoms with Crippen LogP contribution in [0, 0.1) is 6.92 Å². The molecule has 0 saturated heterocycles. The molecule has 0 atom stereocenters. The van der Waals surface area contributed by atoms with Crippen LogP contribution in [0.15, 0.2) is 62.9 Å². The van der Waals surface area contributed by atoms with Gasteiger partial charge in [-0.05, 0) is 37.6 Å². The van der Waals surface area contributed by atoms with Crippen molar-refractivity contribution in [1.29, 1.82) is 0 Å². The average Bonchev–Trinajstić information content (AvgIpc) is 3.14. The van der Waals surface area contributed by atoms with Gasteiger partial charge in [0.15, 0.2) is 11.0 Å². The second-order valence-electron chi connectivity index (χ2n) is 7.19. The highest BCUT2D eigenvalue weighted by Gasteiger charge is 2.15. The Bertz CT molecular complexity index is 1330. The zero-order valence-electron chi connectivity index (χ0n) is 17.5. The molecule has 0 aliphatic heterocycles. The van der Waals surface area contributed by atoms with Crippen LogP contribution >= 0.6 is 11.8 Å². The Labute approximate surface area is 183 Å². The maximum absolute atomic E-state index is 12.1. The van der Waals surface area contributed by atoms with Gasteiger partial charge < -0.3 is 14.3 Å². The van der Waals surface area contributed by atoms with E-state index in [0.29, 0.717) is 17.0 Å². The van der Waals surface area contributed by atoms with E-state index < -0.39 is 5.63 Å². The summed E-state index contributed by atoms with van der Waals surface area (Å²) < 4.78 is 7.42. The van der Waals surface area contributed by atoms with Crippen molar-refractivity contribution in [1.82, 2.24) is 14.8 Å². The first kappa shape index (κ1) is 20.9. The zero-order valence-corrected chi connectivity index (χ0v) is 18.3. The molecular formula is C23H22N4O3S. The fourth-order valence-electron chi connectivity index (χ4n) is 3.45. The average molecular weight is 435 g/mol. The Kier molecular flexibility index (Phi) is 5.90. The number of nitrogens with one attached hydrogen (secondary N) is 1. The fraction of sp³-hybridized carbons (Fsp3) is 0.217. The molecule has 0 saturated carbocycles. The highest BCUT2D eigenvalue weighted by Crippen LogP contribution is 2.29. The third-order valence-corrected chi connectivity index (χ3v) is 5.83. The summed E-state index contributed by atoms with van der Waals surface area (Å²) in [4.78, 5) is 23.4. The van der Waals surface area contributed by atoms with Crippen LogP contribution in [0.3, 0.4) is 0 Å². The summed E-state index contributed by atoms with van der Waals surface area (Å²) in [6, 6.07) is 15.0. The minimum Gasteiger partial charge on any atom is -0.423 e. The fourth-order valence-corrected chi connectivity index (χ4v) is 4.44. The van der Waals surface area contributed by atoms with Gasteiger partial charge in [0.05, 0.1) is 0 Å². The van der Waals surface area contributed by atoms with Crippen molar-refractivity contribution < 1.29 is 9.21 Å². The van der Waals surface area contributed by atoms with Crippen molar-refractivity contribution in [3.63, 3.8) is 0 Å². The summed E-state index contributed by atoms with van der Waals surface area (Å²) in [5, 5.41) is 13.1. The van der Waals surface area contributed by atoms with Crippen LogP contribution < -0.4 is 10.9 Å². The first-order chi connectivity index (χ1) is 14.9. The molecule has 1 N–H and O–H groups in total. The molecule has 0 aliphatic rings. The summed E-state index contributed by atoms with van der Waals surface area (Å²) in [6.07, 6.45) is 0. The van der Waals surface area contributed by atoms with Crippen molar-refractivity contribution in [2.24, 2.45) is 0 Å². The van der Waals surface area contributed by atoms with Crippen LogP contribution in [0.2, 0.25) is 0 Å². The van der Waals surface area contributed by atoms with E-state index >= 15 is 0 Å². The number of rotatable bonds is 6. The highest BCUT2D eigenvalue weighted by atomic mass is 32.2. The lowest BCUT2D eigenvalue weighted by Crippen LogP contribution is -2.06. The van der Waals surface area contributed by atoms with Crippen LogP contribution in [0.1, 0.15) is 25.0 Å². The number of fused-ring (bicyclic) bond motifs is 1. The van der Waals surface area contributed by atoms with Gasteiger partial charge in [0.2, 0.25) is 5.91 Å². The van der Waals surface area contributed by atoms with Crippen LogP contribution in [-0.2, 0) is 17.1 Å². The van der Waals surface area contributed by atoms with Crippen LogP contribution in [0.4, 0.5) is 5.69 Å². The largest absolute Gasteiger partial charge is 0.423 e. The van der Waals surface area contributed by atoms with E-state index in [1.807, 2.05) is 18.2 Å².